The van der Waals surface area contributed by atoms with Crippen LogP contribution in [0.1, 0.15) is 46.1 Å². The standard InChI is InChI=1S/C20H25N5O4S2/c1-28-18(27)16-13-3-2-4-14(13)31-17(16)21-15(26)11-30-20-23-22-19(25(20)12-5-6-12)24-7-9-29-10-8-24/h12H,2-11H2,1H3,(H,21,26). The number of aryl methyl sites for hydroxylation is 1. The van der Waals surface area contributed by atoms with E-state index in [1.54, 1.807) is 0 Å². The van der Waals surface area contributed by atoms with Crippen LogP contribution in [0.5, 0.6) is 0 Å². The predicted octanol–water partition coefficient (Wildman–Crippen LogP) is 2.52. The summed E-state index contributed by atoms with van der Waals surface area (Å²) < 4.78 is 12.6. The average Bonchev–Trinajstić information content (AvgIpc) is 3.22. The molecule has 0 aromatic carbocycles. The maximum atomic E-state index is 12.7. The van der Waals surface area contributed by atoms with Crippen molar-refractivity contribution in [2.75, 3.05) is 49.4 Å². The van der Waals surface area contributed by atoms with Crippen LogP contribution in [0.25, 0.3) is 0 Å². The van der Waals surface area contributed by atoms with Gasteiger partial charge in [0.2, 0.25) is 11.9 Å². The monoisotopic (exact) mass is 463 g/mol. The van der Waals surface area contributed by atoms with Crippen molar-refractivity contribution < 1.29 is 19.1 Å². The number of carbonyl (C=O) groups is 2. The second kappa shape index (κ2) is 8.79. The van der Waals surface area contributed by atoms with Gasteiger partial charge < -0.3 is 19.7 Å². The summed E-state index contributed by atoms with van der Waals surface area (Å²) >= 11 is 2.88. The van der Waals surface area contributed by atoms with Crippen LogP contribution in [-0.4, -0.2) is 65.8 Å². The molecule has 31 heavy (non-hydrogen) atoms. The summed E-state index contributed by atoms with van der Waals surface area (Å²) in [6, 6.07) is 0.407. The fourth-order valence-corrected chi connectivity index (χ4v) is 6.20. The fourth-order valence-electron chi connectivity index (χ4n) is 4.10. The number of nitrogens with one attached hydrogen (secondary N) is 1. The smallest absolute Gasteiger partial charge is 0.341 e. The molecule has 11 heteroatoms. The number of nitrogens with zero attached hydrogens (tertiary/aromatic N) is 4. The number of anilines is 2. The molecule has 1 aliphatic heterocycles. The Kier molecular flexibility index (Phi) is 5.89. The maximum absolute atomic E-state index is 12.7. The van der Waals surface area contributed by atoms with E-state index in [-0.39, 0.29) is 17.6 Å². The highest BCUT2D eigenvalue weighted by Crippen LogP contribution is 2.42. The number of hydrogen-bond donors (Lipinski definition) is 1. The Morgan fingerprint density at radius 2 is 2.06 bits per heavy atom. The Morgan fingerprint density at radius 1 is 1.26 bits per heavy atom. The van der Waals surface area contributed by atoms with Crippen LogP contribution < -0.4 is 10.2 Å². The Bertz CT molecular complexity index is 994. The van der Waals surface area contributed by atoms with Crippen molar-refractivity contribution in [3.05, 3.63) is 16.0 Å². The number of fused-ring (bicyclic) bond motifs is 1. The van der Waals surface area contributed by atoms with Gasteiger partial charge in [0.15, 0.2) is 5.16 Å². The van der Waals surface area contributed by atoms with Crippen molar-refractivity contribution in [3.63, 3.8) is 0 Å². The first-order chi connectivity index (χ1) is 15.2. The zero-order chi connectivity index (χ0) is 21.4. The van der Waals surface area contributed by atoms with Gasteiger partial charge in [-0.2, -0.15) is 0 Å². The third-order valence-corrected chi connectivity index (χ3v) is 7.90. The molecule has 3 heterocycles. The molecule has 0 radical (unpaired) electrons. The van der Waals surface area contributed by atoms with E-state index in [1.165, 1.54) is 35.1 Å². The first-order valence-corrected chi connectivity index (χ1v) is 12.4. The summed E-state index contributed by atoms with van der Waals surface area (Å²) in [5.74, 6) is 0.535. The molecule has 2 fully saturated rings. The first-order valence-electron chi connectivity index (χ1n) is 10.6. The second-order valence-corrected chi connectivity index (χ2v) is 9.92. The highest BCUT2D eigenvalue weighted by molar-refractivity contribution is 7.99. The summed E-state index contributed by atoms with van der Waals surface area (Å²) in [4.78, 5) is 28.4. The lowest BCUT2D eigenvalue weighted by molar-refractivity contribution is -0.113. The zero-order valence-corrected chi connectivity index (χ0v) is 19.0. The van der Waals surface area contributed by atoms with Crippen molar-refractivity contribution in [2.24, 2.45) is 0 Å². The van der Waals surface area contributed by atoms with E-state index in [1.807, 2.05) is 0 Å². The topological polar surface area (TPSA) is 98.6 Å². The van der Waals surface area contributed by atoms with Crippen LogP contribution in [-0.2, 0) is 27.1 Å². The maximum Gasteiger partial charge on any atom is 0.341 e. The number of esters is 1. The molecule has 1 saturated heterocycles. The number of thioether (sulfide) groups is 1. The molecule has 2 aliphatic carbocycles. The number of aromatic nitrogens is 3. The Morgan fingerprint density at radius 3 is 2.81 bits per heavy atom. The summed E-state index contributed by atoms with van der Waals surface area (Å²) in [6.45, 7) is 2.98. The van der Waals surface area contributed by atoms with Crippen molar-refractivity contribution in [1.82, 2.24) is 14.8 Å². The van der Waals surface area contributed by atoms with Gasteiger partial charge in [0.25, 0.3) is 0 Å². The minimum Gasteiger partial charge on any atom is -0.465 e. The number of methoxy groups -OCH3 is 1. The predicted molar refractivity (Wildman–Crippen MR) is 118 cm³/mol. The van der Waals surface area contributed by atoms with Gasteiger partial charge in [0.05, 0.1) is 31.6 Å². The van der Waals surface area contributed by atoms with Crippen LogP contribution in [0, 0.1) is 0 Å². The van der Waals surface area contributed by atoms with E-state index in [4.69, 9.17) is 9.47 Å². The van der Waals surface area contributed by atoms with E-state index < -0.39 is 0 Å². The summed E-state index contributed by atoms with van der Waals surface area (Å²) in [7, 11) is 1.37. The average molecular weight is 464 g/mol. The molecule has 0 bridgehead atoms. The second-order valence-electron chi connectivity index (χ2n) is 7.87. The molecule has 9 nitrogen and oxygen atoms in total. The van der Waals surface area contributed by atoms with Crippen LogP contribution in [0.3, 0.4) is 0 Å². The van der Waals surface area contributed by atoms with Gasteiger partial charge in [-0.3, -0.25) is 9.36 Å². The molecule has 5 rings (SSSR count). The lowest BCUT2D eigenvalue weighted by Gasteiger charge is -2.27. The van der Waals surface area contributed by atoms with E-state index in [0.29, 0.717) is 29.8 Å². The van der Waals surface area contributed by atoms with Crippen molar-refractivity contribution in [3.8, 4) is 0 Å². The minimum atomic E-state index is -0.383. The Labute approximate surface area is 188 Å². The van der Waals surface area contributed by atoms with Crippen LogP contribution >= 0.6 is 23.1 Å². The van der Waals surface area contributed by atoms with Crippen LogP contribution in [0.4, 0.5) is 10.9 Å². The minimum absolute atomic E-state index is 0.159. The third-order valence-electron chi connectivity index (χ3n) is 5.75. The first kappa shape index (κ1) is 20.8. The molecule has 1 saturated carbocycles. The summed E-state index contributed by atoms with van der Waals surface area (Å²) in [5.41, 5.74) is 1.55. The van der Waals surface area contributed by atoms with E-state index in [2.05, 4.69) is 25.0 Å². The largest absolute Gasteiger partial charge is 0.465 e. The number of hydrogen-bond acceptors (Lipinski definition) is 9. The molecular weight excluding hydrogens is 438 g/mol. The number of thiophene rings is 1. The third kappa shape index (κ3) is 4.18. The molecule has 0 spiro atoms. The zero-order valence-electron chi connectivity index (χ0n) is 17.4. The van der Waals surface area contributed by atoms with Gasteiger partial charge in [0.1, 0.15) is 5.00 Å². The van der Waals surface area contributed by atoms with Crippen LogP contribution in [0.2, 0.25) is 0 Å². The normalized spacial score (nSPS) is 18.2. The number of ether oxygens (including phenoxy) is 2. The number of morpholine rings is 1. The number of amides is 1. The fraction of sp³-hybridized carbons (Fsp3) is 0.600. The molecule has 0 unspecified atom stereocenters. The van der Waals surface area contributed by atoms with Gasteiger partial charge in [-0.1, -0.05) is 11.8 Å². The molecule has 1 amide bonds. The lowest BCUT2D eigenvalue weighted by atomic mass is 10.1. The van der Waals surface area contributed by atoms with E-state index in [9.17, 15) is 9.59 Å². The van der Waals surface area contributed by atoms with E-state index in [0.717, 1.165) is 61.9 Å². The van der Waals surface area contributed by atoms with Gasteiger partial charge in [-0.25, -0.2) is 4.79 Å². The summed E-state index contributed by atoms with van der Waals surface area (Å²) in [5, 5.41) is 13.1. The highest BCUT2D eigenvalue weighted by atomic mass is 32.2. The molecule has 0 atom stereocenters. The molecule has 2 aromatic heterocycles. The van der Waals surface area contributed by atoms with Crippen LogP contribution in [0.15, 0.2) is 5.16 Å². The quantitative estimate of drug-likeness (QED) is 0.494. The molecule has 166 valence electrons. The van der Waals surface area contributed by atoms with Crippen molar-refractivity contribution >= 4 is 45.9 Å². The van der Waals surface area contributed by atoms with Gasteiger partial charge in [-0.05, 0) is 37.7 Å². The van der Waals surface area contributed by atoms with Crippen molar-refractivity contribution in [1.29, 1.82) is 0 Å². The lowest BCUT2D eigenvalue weighted by Crippen LogP contribution is -2.38. The van der Waals surface area contributed by atoms with Gasteiger partial charge >= 0.3 is 5.97 Å². The summed E-state index contributed by atoms with van der Waals surface area (Å²) in [6.07, 6.45) is 5.06. The molecule has 2 aromatic rings. The molecule has 1 N–H and O–H groups in total. The number of carbonyl (C=O) groups excluding carboxylic acids is 2. The van der Waals surface area contributed by atoms with E-state index >= 15 is 0 Å². The number of rotatable bonds is 7. The highest BCUT2D eigenvalue weighted by Gasteiger charge is 2.33. The van der Waals surface area contributed by atoms with Gasteiger partial charge in [-0.15, -0.1) is 21.5 Å². The van der Waals surface area contributed by atoms with Gasteiger partial charge in [0, 0.05) is 24.0 Å². The Hall–Kier alpha value is -2.11. The SMILES string of the molecule is COC(=O)c1c(NC(=O)CSc2nnc(N3CCOCC3)n2C2CC2)sc2c1CCC2. The molecule has 3 aliphatic rings. The Balaban J connectivity index is 1.28. The molecular formula is C20H25N5O4S2. The van der Waals surface area contributed by atoms with Crippen molar-refractivity contribution in [2.45, 2.75) is 43.3 Å².